The molecular formula is C13H19F2NO3S. The third-order valence-electron chi connectivity index (χ3n) is 2.90. The summed E-state index contributed by atoms with van der Waals surface area (Å²) in [5.74, 6) is -2.10. The van der Waals surface area contributed by atoms with E-state index >= 15 is 0 Å². The molecule has 0 saturated heterocycles. The van der Waals surface area contributed by atoms with Gasteiger partial charge >= 0.3 is 0 Å². The quantitative estimate of drug-likeness (QED) is 0.736. The number of thioether (sulfide) groups is 1. The van der Waals surface area contributed by atoms with Crippen molar-refractivity contribution < 1.29 is 23.1 Å². The highest BCUT2D eigenvalue weighted by Gasteiger charge is 2.14. The molecule has 4 nitrogen and oxygen atoms in total. The SMILES string of the molecule is CCC(CCO)CNC(=O)c1ccc(CSC(F)F)o1. The van der Waals surface area contributed by atoms with E-state index < -0.39 is 5.76 Å². The normalized spacial score (nSPS) is 12.7. The smallest absolute Gasteiger partial charge is 0.287 e. The first kappa shape index (κ1) is 17.0. The van der Waals surface area contributed by atoms with Crippen LogP contribution in [0, 0.1) is 5.92 Å². The number of amides is 1. The molecule has 1 aromatic rings. The van der Waals surface area contributed by atoms with Gasteiger partial charge in [-0.25, -0.2) is 0 Å². The number of furan rings is 1. The fraction of sp³-hybridized carbons (Fsp3) is 0.615. The van der Waals surface area contributed by atoms with Crippen molar-refractivity contribution in [3.63, 3.8) is 0 Å². The van der Waals surface area contributed by atoms with Gasteiger partial charge in [-0.1, -0.05) is 25.1 Å². The van der Waals surface area contributed by atoms with E-state index in [1.165, 1.54) is 12.1 Å². The minimum absolute atomic E-state index is 0.0348. The van der Waals surface area contributed by atoms with Crippen molar-refractivity contribution in [1.82, 2.24) is 5.32 Å². The van der Waals surface area contributed by atoms with Gasteiger partial charge in [-0.3, -0.25) is 4.79 Å². The van der Waals surface area contributed by atoms with E-state index in [1.807, 2.05) is 6.92 Å². The first-order valence-electron chi connectivity index (χ1n) is 6.44. The Bertz CT molecular complexity index is 412. The second-order valence-corrected chi connectivity index (χ2v) is 5.31. The Morgan fingerprint density at radius 3 is 2.85 bits per heavy atom. The zero-order chi connectivity index (χ0) is 15.0. The van der Waals surface area contributed by atoms with Crippen molar-refractivity contribution in [2.24, 2.45) is 5.92 Å². The Hall–Kier alpha value is -1.08. The van der Waals surface area contributed by atoms with E-state index in [1.54, 1.807) is 0 Å². The van der Waals surface area contributed by atoms with E-state index in [-0.39, 0.29) is 29.9 Å². The van der Waals surface area contributed by atoms with Crippen LogP contribution in [-0.4, -0.2) is 29.9 Å². The molecule has 1 aromatic heterocycles. The predicted molar refractivity (Wildman–Crippen MR) is 73.8 cm³/mol. The maximum absolute atomic E-state index is 12.0. The highest BCUT2D eigenvalue weighted by atomic mass is 32.2. The van der Waals surface area contributed by atoms with Gasteiger partial charge in [0.05, 0.1) is 5.75 Å². The highest BCUT2D eigenvalue weighted by Crippen LogP contribution is 2.21. The molecule has 20 heavy (non-hydrogen) atoms. The maximum atomic E-state index is 12.0. The maximum Gasteiger partial charge on any atom is 0.287 e. The first-order valence-corrected chi connectivity index (χ1v) is 7.49. The fourth-order valence-corrected chi connectivity index (χ4v) is 2.13. The monoisotopic (exact) mass is 307 g/mol. The van der Waals surface area contributed by atoms with Crippen LogP contribution in [0.5, 0.6) is 0 Å². The average molecular weight is 307 g/mol. The zero-order valence-corrected chi connectivity index (χ0v) is 12.1. The summed E-state index contributed by atoms with van der Waals surface area (Å²) in [5.41, 5.74) is 0. The van der Waals surface area contributed by atoms with Crippen LogP contribution in [0.3, 0.4) is 0 Å². The third kappa shape index (κ3) is 5.92. The molecule has 1 atom stereocenters. The minimum atomic E-state index is -2.46. The molecule has 7 heteroatoms. The Balaban J connectivity index is 2.43. The number of halogens is 2. The van der Waals surface area contributed by atoms with Crippen molar-refractivity contribution in [2.75, 3.05) is 13.2 Å². The Labute approximate surface area is 120 Å². The van der Waals surface area contributed by atoms with Gasteiger partial charge in [0, 0.05) is 13.2 Å². The number of alkyl halides is 2. The number of carbonyl (C=O) groups excluding carboxylic acids is 1. The predicted octanol–water partition coefficient (Wildman–Crippen LogP) is 2.87. The van der Waals surface area contributed by atoms with Gasteiger partial charge in [0.1, 0.15) is 5.76 Å². The number of aliphatic hydroxyl groups is 1. The lowest BCUT2D eigenvalue weighted by Crippen LogP contribution is -2.29. The Morgan fingerprint density at radius 2 is 2.25 bits per heavy atom. The Kier molecular flexibility index (Phi) is 7.61. The van der Waals surface area contributed by atoms with Crippen LogP contribution < -0.4 is 5.32 Å². The summed E-state index contributed by atoms with van der Waals surface area (Å²) in [5, 5.41) is 11.6. The molecule has 0 aromatic carbocycles. The number of aliphatic hydroxyl groups excluding tert-OH is 1. The molecule has 1 unspecified atom stereocenters. The van der Waals surface area contributed by atoms with Crippen LogP contribution in [0.15, 0.2) is 16.5 Å². The van der Waals surface area contributed by atoms with Crippen molar-refractivity contribution in [2.45, 2.75) is 31.3 Å². The van der Waals surface area contributed by atoms with Crippen LogP contribution in [0.2, 0.25) is 0 Å². The topological polar surface area (TPSA) is 62.5 Å². The van der Waals surface area contributed by atoms with Crippen LogP contribution >= 0.6 is 11.8 Å². The van der Waals surface area contributed by atoms with E-state index in [0.29, 0.717) is 30.5 Å². The van der Waals surface area contributed by atoms with E-state index in [2.05, 4.69) is 5.32 Å². The molecule has 2 N–H and O–H groups in total. The second-order valence-electron chi connectivity index (χ2n) is 4.33. The van der Waals surface area contributed by atoms with Gasteiger partial charge in [0.2, 0.25) is 0 Å². The summed E-state index contributed by atoms with van der Waals surface area (Å²) < 4.78 is 29.3. The molecule has 0 aliphatic rings. The summed E-state index contributed by atoms with van der Waals surface area (Å²) in [6.07, 6.45) is 1.49. The van der Waals surface area contributed by atoms with Gasteiger partial charge in [-0.15, -0.1) is 0 Å². The lowest BCUT2D eigenvalue weighted by molar-refractivity contribution is 0.0914. The standard InChI is InChI=1S/C13H19F2NO3S/c1-2-9(5-6-17)7-16-12(18)11-4-3-10(19-11)8-20-13(14)15/h3-4,9,13,17H,2,5-8H2,1H3,(H,16,18). The summed E-state index contributed by atoms with van der Waals surface area (Å²) in [6.45, 7) is 2.53. The Morgan fingerprint density at radius 1 is 1.50 bits per heavy atom. The minimum Gasteiger partial charge on any atom is -0.455 e. The largest absolute Gasteiger partial charge is 0.455 e. The summed E-state index contributed by atoms with van der Waals surface area (Å²) in [6, 6.07) is 3.00. The molecular weight excluding hydrogens is 288 g/mol. The van der Waals surface area contributed by atoms with Crippen LogP contribution in [0.25, 0.3) is 0 Å². The fourth-order valence-electron chi connectivity index (χ4n) is 1.68. The molecule has 114 valence electrons. The molecule has 0 saturated carbocycles. The van der Waals surface area contributed by atoms with Gasteiger partial charge < -0.3 is 14.8 Å². The molecule has 0 aliphatic carbocycles. The zero-order valence-electron chi connectivity index (χ0n) is 11.3. The lowest BCUT2D eigenvalue weighted by Gasteiger charge is -2.13. The van der Waals surface area contributed by atoms with Crippen LogP contribution in [-0.2, 0) is 5.75 Å². The average Bonchev–Trinajstić information content (AvgIpc) is 2.89. The molecule has 0 spiro atoms. The van der Waals surface area contributed by atoms with E-state index in [9.17, 15) is 13.6 Å². The molecule has 1 rings (SSSR count). The second kappa shape index (κ2) is 8.97. The number of rotatable bonds is 9. The summed E-state index contributed by atoms with van der Waals surface area (Å²) >= 11 is 0.451. The number of hydrogen-bond donors (Lipinski definition) is 2. The number of nitrogens with one attached hydrogen (secondary N) is 1. The number of carbonyl (C=O) groups is 1. The van der Waals surface area contributed by atoms with Crippen molar-refractivity contribution in [3.05, 3.63) is 23.7 Å². The van der Waals surface area contributed by atoms with Crippen molar-refractivity contribution in [1.29, 1.82) is 0 Å². The molecule has 1 heterocycles. The summed E-state index contributed by atoms with van der Waals surface area (Å²) in [4.78, 5) is 11.8. The number of hydrogen-bond acceptors (Lipinski definition) is 4. The van der Waals surface area contributed by atoms with E-state index in [0.717, 1.165) is 6.42 Å². The molecule has 0 radical (unpaired) electrons. The van der Waals surface area contributed by atoms with Gasteiger partial charge in [0.15, 0.2) is 5.76 Å². The van der Waals surface area contributed by atoms with E-state index in [4.69, 9.17) is 9.52 Å². The summed E-state index contributed by atoms with van der Waals surface area (Å²) in [7, 11) is 0. The third-order valence-corrected chi connectivity index (χ3v) is 3.61. The van der Waals surface area contributed by atoms with Gasteiger partial charge in [0.25, 0.3) is 11.7 Å². The molecule has 1 amide bonds. The molecule has 0 aliphatic heterocycles. The van der Waals surface area contributed by atoms with Gasteiger partial charge in [-0.05, 0) is 24.5 Å². The van der Waals surface area contributed by atoms with Crippen LogP contribution in [0.1, 0.15) is 36.1 Å². The highest BCUT2D eigenvalue weighted by molar-refractivity contribution is 7.98. The van der Waals surface area contributed by atoms with Crippen molar-refractivity contribution in [3.8, 4) is 0 Å². The van der Waals surface area contributed by atoms with Crippen LogP contribution in [0.4, 0.5) is 8.78 Å². The molecule has 0 fully saturated rings. The van der Waals surface area contributed by atoms with Gasteiger partial charge in [-0.2, -0.15) is 8.78 Å². The first-order chi connectivity index (χ1) is 9.56. The molecule has 0 bridgehead atoms. The lowest BCUT2D eigenvalue weighted by atomic mass is 10.0. The van der Waals surface area contributed by atoms with Crippen molar-refractivity contribution >= 4 is 17.7 Å².